The lowest BCUT2D eigenvalue weighted by molar-refractivity contribution is 0.627. The van der Waals surface area contributed by atoms with Gasteiger partial charge >= 0.3 is 0 Å². The van der Waals surface area contributed by atoms with E-state index in [0.29, 0.717) is 16.3 Å². The Balaban J connectivity index is 2.31. The fourth-order valence-corrected chi connectivity index (χ4v) is 2.68. The second-order valence-electron chi connectivity index (χ2n) is 4.39. The molecule has 5 heteroatoms. The van der Waals surface area contributed by atoms with E-state index in [1.165, 1.54) is 12.1 Å². The number of nitrogens with zero attached hydrogens (tertiary/aromatic N) is 1. The lowest BCUT2D eigenvalue weighted by atomic mass is 10.1. The molecule has 0 radical (unpaired) electrons. The van der Waals surface area contributed by atoms with Crippen molar-refractivity contribution in [1.29, 1.82) is 5.26 Å². The third-order valence-corrected chi connectivity index (χ3v) is 3.58. The minimum atomic E-state index is -0.642. The molecule has 0 saturated carbocycles. The average Bonchev–Trinajstić information content (AvgIpc) is 2.35. The number of anilines is 1. The van der Waals surface area contributed by atoms with Gasteiger partial charge in [0.15, 0.2) is 0 Å². The molecule has 0 saturated heterocycles. The van der Waals surface area contributed by atoms with Gasteiger partial charge in [-0.15, -0.1) is 0 Å². The summed E-state index contributed by atoms with van der Waals surface area (Å²) < 4.78 is 14.2. The van der Waals surface area contributed by atoms with Crippen LogP contribution < -0.4 is 5.32 Å². The molecule has 1 atom stereocenters. The molecule has 0 aromatic heterocycles. The fraction of sp³-hybridized carbons (Fsp3) is 0.133. The topological polar surface area (TPSA) is 35.8 Å². The number of hydrogen-bond donors (Lipinski definition) is 1. The highest BCUT2D eigenvalue weighted by Gasteiger charge is 2.14. The zero-order valence-electron chi connectivity index (χ0n) is 10.6. The number of nitriles is 1. The highest BCUT2D eigenvalue weighted by molar-refractivity contribution is 9.10. The molecule has 2 rings (SSSR count). The molecule has 0 aliphatic heterocycles. The van der Waals surface area contributed by atoms with Gasteiger partial charge in [0.05, 0.1) is 6.07 Å². The lowest BCUT2D eigenvalue weighted by Crippen LogP contribution is -2.09. The first-order chi connectivity index (χ1) is 9.49. The van der Waals surface area contributed by atoms with Crippen LogP contribution in [0.3, 0.4) is 0 Å². The Kier molecular flexibility index (Phi) is 4.64. The summed E-state index contributed by atoms with van der Waals surface area (Å²) >= 11 is 9.45. The van der Waals surface area contributed by atoms with Gasteiger partial charge in [-0.1, -0.05) is 33.6 Å². The van der Waals surface area contributed by atoms with Crippen LogP contribution in [-0.4, -0.2) is 0 Å². The van der Waals surface area contributed by atoms with Gasteiger partial charge in [-0.2, -0.15) is 5.26 Å². The maximum atomic E-state index is 13.4. The standard InChI is InChI=1S/C15H11BrClFN2/c1-9-4-11(18)7-12(5-9)20-15(8-19)13-3-2-10(16)6-14(13)17/h2-7,15,20H,1H3. The van der Waals surface area contributed by atoms with Gasteiger partial charge in [0.25, 0.3) is 0 Å². The molecule has 2 aromatic carbocycles. The SMILES string of the molecule is Cc1cc(F)cc(NC(C#N)c2ccc(Br)cc2Cl)c1. The second kappa shape index (κ2) is 6.25. The van der Waals surface area contributed by atoms with Crippen molar-refractivity contribution in [3.8, 4) is 6.07 Å². The van der Waals surface area contributed by atoms with E-state index in [9.17, 15) is 9.65 Å². The maximum Gasteiger partial charge on any atom is 0.141 e. The van der Waals surface area contributed by atoms with Crippen molar-refractivity contribution in [2.75, 3.05) is 5.32 Å². The van der Waals surface area contributed by atoms with Gasteiger partial charge < -0.3 is 5.32 Å². The van der Waals surface area contributed by atoms with Crippen molar-refractivity contribution in [1.82, 2.24) is 0 Å². The molecule has 0 aliphatic carbocycles. The molecular weight excluding hydrogens is 343 g/mol. The van der Waals surface area contributed by atoms with Crippen LogP contribution in [0.2, 0.25) is 5.02 Å². The number of benzene rings is 2. The van der Waals surface area contributed by atoms with Gasteiger partial charge in [0.1, 0.15) is 11.9 Å². The Morgan fingerprint density at radius 3 is 2.65 bits per heavy atom. The van der Waals surface area contributed by atoms with Crippen molar-refractivity contribution in [2.45, 2.75) is 13.0 Å². The van der Waals surface area contributed by atoms with Crippen molar-refractivity contribution < 1.29 is 4.39 Å². The number of rotatable bonds is 3. The Labute approximate surface area is 130 Å². The summed E-state index contributed by atoms with van der Waals surface area (Å²) in [7, 11) is 0. The third-order valence-electron chi connectivity index (χ3n) is 2.76. The quantitative estimate of drug-likeness (QED) is 0.820. The van der Waals surface area contributed by atoms with Crippen LogP contribution >= 0.6 is 27.5 Å². The molecule has 2 aromatic rings. The van der Waals surface area contributed by atoms with E-state index in [1.807, 2.05) is 6.07 Å². The van der Waals surface area contributed by atoms with Crippen LogP contribution in [0.25, 0.3) is 0 Å². The Morgan fingerprint density at radius 2 is 2.05 bits per heavy atom. The van der Waals surface area contributed by atoms with E-state index in [2.05, 4.69) is 27.3 Å². The minimum absolute atomic E-state index is 0.342. The molecule has 1 N–H and O–H groups in total. The van der Waals surface area contributed by atoms with Crippen LogP contribution in [0.5, 0.6) is 0 Å². The maximum absolute atomic E-state index is 13.4. The predicted molar refractivity (Wildman–Crippen MR) is 82.3 cm³/mol. The normalized spacial score (nSPS) is 11.8. The Hall–Kier alpha value is -1.57. The van der Waals surface area contributed by atoms with E-state index < -0.39 is 6.04 Å². The number of aryl methyl sites for hydroxylation is 1. The summed E-state index contributed by atoms with van der Waals surface area (Å²) in [6, 6.07) is 11.3. The van der Waals surface area contributed by atoms with Crippen molar-refractivity contribution in [3.63, 3.8) is 0 Å². The van der Waals surface area contributed by atoms with Crippen molar-refractivity contribution in [2.24, 2.45) is 0 Å². The Bertz CT molecular complexity index is 662. The zero-order valence-corrected chi connectivity index (χ0v) is 13.0. The summed E-state index contributed by atoms with van der Waals surface area (Å²) in [5.74, 6) is -0.342. The summed E-state index contributed by atoms with van der Waals surface area (Å²) in [5, 5.41) is 12.8. The van der Waals surface area contributed by atoms with Crippen LogP contribution in [0.4, 0.5) is 10.1 Å². The number of hydrogen-bond acceptors (Lipinski definition) is 2. The highest BCUT2D eigenvalue weighted by atomic mass is 79.9. The van der Waals surface area contributed by atoms with E-state index in [0.717, 1.165) is 10.0 Å². The molecule has 0 bridgehead atoms. The number of halogens is 3. The molecule has 102 valence electrons. The summed E-state index contributed by atoms with van der Waals surface area (Å²) in [6.45, 7) is 1.79. The summed E-state index contributed by atoms with van der Waals surface area (Å²) in [5.41, 5.74) is 1.98. The largest absolute Gasteiger partial charge is 0.366 e. The molecule has 2 nitrogen and oxygen atoms in total. The first kappa shape index (κ1) is 14.8. The molecular formula is C15H11BrClFN2. The molecule has 0 heterocycles. The lowest BCUT2D eigenvalue weighted by Gasteiger charge is -2.15. The number of nitrogens with one attached hydrogen (secondary N) is 1. The van der Waals surface area contributed by atoms with Gasteiger partial charge in [-0.05, 0) is 42.8 Å². The molecule has 0 amide bonds. The molecule has 20 heavy (non-hydrogen) atoms. The first-order valence-electron chi connectivity index (χ1n) is 5.88. The minimum Gasteiger partial charge on any atom is -0.366 e. The van der Waals surface area contributed by atoms with E-state index in [1.54, 1.807) is 25.1 Å². The van der Waals surface area contributed by atoms with Crippen LogP contribution in [0.1, 0.15) is 17.2 Å². The van der Waals surface area contributed by atoms with Crippen molar-refractivity contribution >= 4 is 33.2 Å². The van der Waals surface area contributed by atoms with Gasteiger partial charge in [0.2, 0.25) is 0 Å². The highest BCUT2D eigenvalue weighted by Crippen LogP contribution is 2.29. The first-order valence-corrected chi connectivity index (χ1v) is 7.05. The smallest absolute Gasteiger partial charge is 0.141 e. The molecule has 1 unspecified atom stereocenters. The second-order valence-corrected chi connectivity index (χ2v) is 5.71. The summed E-state index contributed by atoms with van der Waals surface area (Å²) in [6.07, 6.45) is 0. The monoisotopic (exact) mass is 352 g/mol. The molecule has 0 aliphatic rings. The van der Waals surface area contributed by atoms with Crippen LogP contribution in [0, 0.1) is 24.1 Å². The van der Waals surface area contributed by atoms with Gasteiger partial charge in [-0.25, -0.2) is 4.39 Å². The van der Waals surface area contributed by atoms with Gasteiger partial charge in [-0.3, -0.25) is 0 Å². The third kappa shape index (κ3) is 3.50. The Morgan fingerprint density at radius 1 is 1.30 bits per heavy atom. The van der Waals surface area contributed by atoms with E-state index >= 15 is 0 Å². The fourth-order valence-electron chi connectivity index (χ4n) is 1.90. The van der Waals surface area contributed by atoms with Crippen molar-refractivity contribution in [3.05, 3.63) is 62.8 Å². The van der Waals surface area contributed by atoms with Crippen LogP contribution in [0.15, 0.2) is 40.9 Å². The van der Waals surface area contributed by atoms with E-state index in [4.69, 9.17) is 11.6 Å². The predicted octanol–water partition coefficient (Wildman–Crippen LogP) is 5.23. The average molecular weight is 354 g/mol. The molecule has 0 fully saturated rings. The van der Waals surface area contributed by atoms with Gasteiger partial charge in [0, 0.05) is 20.7 Å². The summed E-state index contributed by atoms with van der Waals surface area (Å²) in [4.78, 5) is 0. The zero-order chi connectivity index (χ0) is 14.7. The van der Waals surface area contributed by atoms with Crippen LogP contribution in [-0.2, 0) is 0 Å². The van der Waals surface area contributed by atoms with E-state index in [-0.39, 0.29) is 5.82 Å². The molecule has 0 spiro atoms.